The van der Waals surface area contributed by atoms with Gasteiger partial charge in [0.15, 0.2) is 0 Å². The van der Waals surface area contributed by atoms with E-state index >= 15 is 0 Å². The van der Waals surface area contributed by atoms with Crippen LogP contribution in [0.3, 0.4) is 0 Å². The summed E-state index contributed by atoms with van der Waals surface area (Å²) in [7, 11) is 3.96. The first kappa shape index (κ1) is 15.3. The van der Waals surface area contributed by atoms with E-state index in [1.165, 1.54) is 18.4 Å². The third-order valence-electron chi connectivity index (χ3n) is 4.32. The van der Waals surface area contributed by atoms with Crippen LogP contribution in [0.5, 0.6) is 5.75 Å². The molecule has 2 atom stereocenters. The zero-order chi connectivity index (χ0) is 14.5. The van der Waals surface area contributed by atoms with Crippen LogP contribution in [0.4, 0.5) is 0 Å². The van der Waals surface area contributed by atoms with Gasteiger partial charge < -0.3 is 10.1 Å². The first-order valence-corrected chi connectivity index (χ1v) is 7.66. The average molecular weight is 276 g/mol. The van der Waals surface area contributed by atoms with Crippen LogP contribution in [0.1, 0.15) is 32.3 Å². The molecule has 0 aliphatic heterocycles. The summed E-state index contributed by atoms with van der Waals surface area (Å²) in [5, 5.41) is 3.57. The molecule has 2 rings (SSSR count). The molecule has 0 radical (unpaired) electrons. The Bertz CT molecular complexity index is 402. The normalized spacial score (nSPS) is 22.1. The summed E-state index contributed by atoms with van der Waals surface area (Å²) >= 11 is 0. The third kappa shape index (κ3) is 3.97. The highest BCUT2D eigenvalue weighted by Gasteiger charge is 2.33. The maximum absolute atomic E-state index is 5.20. The van der Waals surface area contributed by atoms with Crippen LogP contribution in [0.25, 0.3) is 0 Å². The van der Waals surface area contributed by atoms with Crippen LogP contribution in [0.2, 0.25) is 0 Å². The molecule has 112 valence electrons. The fraction of sp³-hybridized carbons (Fsp3) is 0.647. The van der Waals surface area contributed by atoms with Crippen molar-refractivity contribution in [1.29, 1.82) is 0 Å². The fourth-order valence-corrected chi connectivity index (χ4v) is 2.89. The van der Waals surface area contributed by atoms with E-state index in [1.807, 2.05) is 12.1 Å². The van der Waals surface area contributed by atoms with E-state index < -0.39 is 0 Å². The second-order valence-corrected chi connectivity index (χ2v) is 6.23. The molecule has 1 aliphatic rings. The number of benzene rings is 1. The third-order valence-corrected chi connectivity index (χ3v) is 4.32. The molecule has 0 saturated heterocycles. The van der Waals surface area contributed by atoms with Crippen LogP contribution < -0.4 is 10.1 Å². The SMILES string of the molecule is COc1ccc(CN(C)C2CCC2CNC(C)C)cc1. The first-order chi connectivity index (χ1) is 9.60. The van der Waals surface area contributed by atoms with Gasteiger partial charge in [-0.25, -0.2) is 0 Å². The molecular formula is C17H28N2O. The lowest BCUT2D eigenvalue weighted by molar-refractivity contribution is 0.0768. The fourth-order valence-electron chi connectivity index (χ4n) is 2.89. The maximum atomic E-state index is 5.20. The van der Waals surface area contributed by atoms with Crippen molar-refractivity contribution in [3.8, 4) is 5.75 Å². The van der Waals surface area contributed by atoms with Gasteiger partial charge in [-0.15, -0.1) is 0 Å². The minimum absolute atomic E-state index is 0.586. The Morgan fingerprint density at radius 3 is 2.45 bits per heavy atom. The van der Waals surface area contributed by atoms with Gasteiger partial charge in [-0.3, -0.25) is 4.90 Å². The monoisotopic (exact) mass is 276 g/mol. The smallest absolute Gasteiger partial charge is 0.118 e. The first-order valence-electron chi connectivity index (χ1n) is 7.66. The Morgan fingerprint density at radius 1 is 1.25 bits per heavy atom. The van der Waals surface area contributed by atoms with Crippen molar-refractivity contribution >= 4 is 0 Å². The van der Waals surface area contributed by atoms with Crippen LogP contribution in [-0.4, -0.2) is 37.7 Å². The molecular weight excluding hydrogens is 248 g/mol. The average Bonchev–Trinajstić information content (AvgIpc) is 2.38. The Balaban J connectivity index is 1.83. The number of hydrogen-bond acceptors (Lipinski definition) is 3. The lowest BCUT2D eigenvalue weighted by Crippen LogP contribution is -2.49. The zero-order valence-electron chi connectivity index (χ0n) is 13.2. The van der Waals surface area contributed by atoms with Crippen molar-refractivity contribution in [3.63, 3.8) is 0 Å². The minimum Gasteiger partial charge on any atom is -0.497 e. The summed E-state index contributed by atoms with van der Waals surface area (Å²) in [4.78, 5) is 2.50. The number of nitrogens with zero attached hydrogens (tertiary/aromatic N) is 1. The summed E-state index contributed by atoms with van der Waals surface area (Å²) < 4.78 is 5.20. The van der Waals surface area contributed by atoms with Crippen LogP contribution in [0.15, 0.2) is 24.3 Å². The molecule has 0 heterocycles. The van der Waals surface area contributed by atoms with Crippen molar-refractivity contribution in [2.24, 2.45) is 5.92 Å². The molecule has 2 unspecified atom stereocenters. The maximum Gasteiger partial charge on any atom is 0.118 e. The van der Waals surface area contributed by atoms with Gasteiger partial charge >= 0.3 is 0 Å². The Labute approximate surface area is 123 Å². The lowest BCUT2D eigenvalue weighted by Gasteiger charge is -2.43. The van der Waals surface area contributed by atoms with E-state index in [4.69, 9.17) is 4.74 Å². The molecule has 1 aromatic rings. The lowest BCUT2D eigenvalue weighted by atomic mass is 9.78. The summed E-state index contributed by atoms with van der Waals surface area (Å²) in [5.41, 5.74) is 1.36. The highest BCUT2D eigenvalue weighted by atomic mass is 16.5. The molecule has 0 aromatic heterocycles. The molecule has 0 bridgehead atoms. The summed E-state index contributed by atoms with van der Waals surface area (Å²) in [6, 6.07) is 9.72. The molecule has 3 nitrogen and oxygen atoms in total. The van der Waals surface area contributed by atoms with Crippen molar-refractivity contribution in [2.45, 2.75) is 45.3 Å². The number of hydrogen-bond donors (Lipinski definition) is 1. The number of ether oxygens (including phenoxy) is 1. The van der Waals surface area contributed by atoms with Crippen molar-refractivity contribution in [3.05, 3.63) is 29.8 Å². The Hall–Kier alpha value is -1.06. The van der Waals surface area contributed by atoms with Gasteiger partial charge in [0.25, 0.3) is 0 Å². The molecule has 1 fully saturated rings. The molecule has 0 spiro atoms. The van der Waals surface area contributed by atoms with Gasteiger partial charge in [0.2, 0.25) is 0 Å². The van der Waals surface area contributed by atoms with E-state index in [0.717, 1.165) is 30.8 Å². The molecule has 20 heavy (non-hydrogen) atoms. The van der Waals surface area contributed by atoms with Gasteiger partial charge in [0, 0.05) is 18.6 Å². The molecule has 1 saturated carbocycles. The number of rotatable bonds is 7. The summed E-state index contributed by atoms with van der Waals surface area (Å²) in [6.07, 6.45) is 2.69. The topological polar surface area (TPSA) is 24.5 Å². The number of methoxy groups -OCH3 is 1. The molecule has 1 N–H and O–H groups in total. The van der Waals surface area contributed by atoms with Gasteiger partial charge in [-0.05, 0) is 50.0 Å². The highest BCUT2D eigenvalue weighted by Crippen LogP contribution is 2.32. The van der Waals surface area contributed by atoms with Gasteiger partial charge in [-0.1, -0.05) is 26.0 Å². The van der Waals surface area contributed by atoms with Gasteiger partial charge in [0.05, 0.1) is 7.11 Å². The summed E-state index contributed by atoms with van der Waals surface area (Å²) in [6.45, 7) is 6.60. The van der Waals surface area contributed by atoms with E-state index in [1.54, 1.807) is 7.11 Å². The van der Waals surface area contributed by atoms with Crippen molar-refractivity contribution in [2.75, 3.05) is 20.7 Å². The predicted molar refractivity (Wildman–Crippen MR) is 84.1 cm³/mol. The standard InChI is InChI=1S/C17H28N2O/c1-13(2)18-11-15-7-10-17(15)19(3)12-14-5-8-16(20-4)9-6-14/h5-6,8-9,13,15,17-18H,7,10-12H2,1-4H3. The van der Waals surface area contributed by atoms with E-state index in [9.17, 15) is 0 Å². The molecule has 0 amide bonds. The minimum atomic E-state index is 0.586. The Morgan fingerprint density at radius 2 is 1.95 bits per heavy atom. The van der Waals surface area contributed by atoms with Gasteiger partial charge in [-0.2, -0.15) is 0 Å². The second-order valence-electron chi connectivity index (χ2n) is 6.23. The van der Waals surface area contributed by atoms with Crippen molar-refractivity contribution in [1.82, 2.24) is 10.2 Å². The number of nitrogens with one attached hydrogen (secondary N) is 1. The Kier molecular flexibility index (Phi) is 5.44. The second kappa shape index (κ2) is 7.09. The van der Waals surface area contributed by atoms with E-state index in [0.29, 0.717) is 6.04 Å². The van der Waals surface area contributed by atoms with Crippen LogP contribution in [-0.2, 0) is 6.54 Å². The highest BCUT2D eigenvalue weighted by molar-refractivity contribution is 5.27. The quantitative estimate of drug-likeness (QED) is 0.829. The molecule has 1 aromatic carbocycles. The largest absolute Gasteiger partial charge is 0.497 e. The van der Waals surface area contributed by atoms with Crippen LogP contribution in [0, 0.1) is 5.92 Å². The van der Waals surface area contributed by atoms with Crippen molar-refractivity contribution < 1.29 is 4.74 Å². The van der Waals surface area contributed by atoms with Crippen LogP contribution >= 0.6 is 0 Å². The zero-order valence-corrected chi connectivity index (χ0v) is 13.2. The molecule has 1 aliphatic carbocycles. The van der Waals surface area contributed by atoms with E-state index in [2.05, 4.69) is 43.2 Å². The summed E-state index contributed by atoms with van der Waals surface area (Å²) in [5.74, 6) is 1.74. The van der Waals surface area contributed by atoms with Gasteiger partial charge in [0.1, 0.15) is 5.75 Å². The molecule has 3 heteroatoms. The predicted octanol–water partition coefficient (Wildman–Crippen LogP) is 2.90. The van der Waals surface area contributed by atoms with E-state index in [-0.39, 0.29) is 0 Å².